The maximum absolute atomic E-state index is 12.7. The Bertz CT molecular complexity index is 663. The molecule has 1 aliphatic rings. The van der Waals surface area contributed by atoms with E-state index in [4.69, 9.17) is 5.73 Å². The molecule has 112 valence electrons. The maximum Gasteiger partial charge on any atom is 0.274 e. The van der Waals surface area contributed by atoms with Crippen molar-refractivity contribution in [1.29, 1.82) is 0 Å². The molecule has 2 unspecified atom stereocenters. The molecule has 2 aromatic rings. The molecule has 2 atom stereocenters. The summed E-state index contributed by atoms with van der Waals surface area (Å²) < 4.78 is 1.89. The zero-order valence-electron chi connectivity index (χ0n) is 12.6. The van der Waals surface area contributed by atoms with E-state index in [1.54, 1.807) is 0 Å². The Kier molecular flexibility index (Phi) is 3.68. The Morgan fingerprint density at radius 1 is 1.52 bits per heavy atom. The van der Waals surface area contributed by atoms with Gasteiger partial charge in [0.05, 0.1) is 0 Å². The van der Waals surface area contributed by atoms with Crippen molar-refractivity contribution >= 4 is 11.6 Å². The minimum atomic E-state index is -0.00120. The zero-order valence-corrected chi connectivity index (χ0v) is 12.6. The van der Waals surface area contributed by atoms with Crippen LogP contribution in [0.25, 0.3) is 5.65 Å². The van der Waals surface area contributed by atoms with Crippen molar-refractivity contribution in [3.63, 3.8) is 0 Å². The molecule has 3 heterocycles. The number of amides is 1. The Hall–Kier alpha value is -1.88. The first-order chi connectivity index (χ1) is 10.1. The van der Waals surface area contributed by atoms with Crippen LogP contribution in [0.1, 0.15) is 35.8 Å². The highest BCUT2D eigenvalue weighted by molar-refractivity contribution is 5.93. The number of piperidine rings is 1. The van der Waals surface area contributed by atoms with Gasteiger partial charge in [0.2, 0.25) is 0 Å². The second-order valence-electron chi connectivity index (χ2n) is 6.11. The molecule has 2 aromatic heterocycles. The molecule has 0 aromatic carbocycles. The number of imidazole rings is 1. The number of fused-ring (bicyclic) bond motifs is 1. The van der Waals surface area contributed by atoms with E-state index in [0.717, 1.165) is 30.6 Å². The highest BCUT2D eigenvalue weighted by Crippen LogP contribution is 2.23. The monoisotopic (exact) mass is 286 g/mol. The SMILES string of the molecule is Cc1ccn2cc(C(=O)N3CCC(C)CC3CN)nc2c1. The number of nitrogens with zero attached hydrogens (tertiary/aromatic N) is 3. The summed E-state index contributed by atoms with van der Waals surface area (Å²) in [7, 11) is 0. The minimum absolute atomic E-state index is 0.00120. The topological polar surface area (TPSA) is 63.6 Å². The molecule has 1 saturated heterocycles. The summed E-state index contributed by atoms with van der Waals surface area (Å²) in [6, 6.07) is 4.12. The summed E-state index contributed by atoms with van der Waals surface area (Å²) in [4.78, 5) is 19.1. The number of aryl methyl sites for hydroxylation is 1. The van der Waals surface area contributed by atoms with Crippen LogP contribution in [0.4, 0.5) is 0 Å². The van der Waals surface area contributed by atoms with Crippen LogP contribution in [0.2, 0.25) is 0 Å². The lowest BCUT2D eigenvalue weighted by Crippen LogP contribution is -2.49. The molecule has 1 amide bonds. The number of rotatable bonds is 2. The van der Waals surface area contributed by atoms with Gasteiger partial charge in [-0.15, -0.1) is 0 Å². The first kappa shape index (κ1) is 14.1. The van der Waals surface area contributed by atoms with Gasteiger partial charge in [0.15, 0.2) is 0 Å². The summed E-state index contributed by atoms with van der Waals surface area (Å²) in [6.07, 6.45) is 5.76. The number of aromatic nitrogens is 2. The van der Waals surface area contributed by atoms with E-state index in [-0.39, 0.29) is 11.9 Å². The van der Waals surface area contributed by atoms with Crippen molar-refractivity contribution in [3.05, 3.63) is 35.8 Å². The van der Waals surface area contributed by atoms with Gasteiger partial charge in [-0.1, -0.05) is 6.92 Å². The second-order valence-corrected chi connectivity index (χ2v) is 6.11. The zero-order chi connectivity index (χ0) is 15.0. The molecule has 3 rings (SSSR count). The third-order valence-electron chi connectivity index (χ3n) is 4.35. The normalized spacial score (nSPS) is 22.7. The Balaban J connectivity index is 1.88. The van der Waals surface area contributed by atoms with E-state index in [1.807, 2.05) is 40.8 Å². The third kappa shape index (κ3) is 2.65. The van der Waals surface area contributed by atoms with Gasteiger partial charge < -0.3 is 15.0 Å². The average Bonchev–Trinajstić information content (AvgIpc) is 2.89. The summed E-state index contributed by atoms with van der Waals surface area (Å²) in [5.74, 6) is 0.630. The van der Waals surface area contributed by atoms with Crippen LogP contribution in [0.15, 0.2) is 24.5 Å². The molecular weight excluding hydrogens is 264 g/mol. The predicted molar refractivity (Wildman–Crippen MR) is 82.2 cm³/mol. The maximum atomic E-state index is 12.7. The van der Waals surface area contributed by atoms with Crippen LogP contribution in [-0.4, -0.2) is 39.3 Å². The van der Waals surface area contributed by atoms with Crippen molar-refractivity contribution in [1.82, 2.24) is 14.3 Å². The molecule has 1 aliphatic heterocycles. The highest BCUT2D eigenvalue weighted by Gasteiger charge is 2.30. The Morgan fingerprint density at radius 2 is 2.33 bits per heavy atom. The number of likely N-dealkylation sites (tertiary alicyclic amines) is 1. The van der Waals surface area contributed by atoms with E-state index in [9.17, 15) is 4.79 Å². The van der Waals surface area contributed by atoms with Gasteiger partial charge in [-0.3, -0.25) is 4.79 Å². The van der Waals surface area contributed by atoms with Crippen molar-refractivity contribution in [3.8, 4) is 0 Å². The smallest absolute Gasteiger partial charge is 0.274 e. The minimum Gasteiger partial charge on any atom is -0.333 e. The molecule has 5 heteroatoms. The molecule has 0 bridgehead atoms. The van der Waals surface area contributed by atoms with Crippen molar-refractivity contribution < 1.29 is 4.79 Å². The summed E-state index contributed by atoms with van der Waals surface area (Å²) in [6.45, 7) is 5.53. The molecule has 0 radical (unpaired) electrons. The van der Waals surface area contributed by atoms with Gasteiger partial charge in [0.1, 0.15) is 11.3 Å². The fourth-order valence-electron chi connectivity index (χ4n) is 3.08. The van der Waals surface area contributed by atoms with Crippen molar-refractivity contribution in [2.45, 2.75) is 32.7 Å². The molecule has 0 saturated carbocycles. The number of carbonyl (C=O) groups excluding carboxylic acids is 1. The molecule has 2 N–H and O–H groups in total. The summed E-state index contributed by atoms with van der Waals surface area (Å²) in [5, 5.41) is 0. The van der Waals surface area contributed by atoms with Gasteiger partial charge in [0, 0.05) is 31.5 Å². The molecule has 21 heavy (non-hydrogen) atoms. The second kappa shape index (κ2) is 5.48. The number of hydrogen-bond acceptors (Lipinski definition) is 3. The van der Waals surface area contributed by atoms with Gasteiger partial charge in [-0.25, -0.2) is 4.98 Å². The summed E-state index contributed by atoms with van der Waals surface area (Å²) in [5.41, 5.74) is 8.31. The lowest BCUT2D eigenvalue weighted by Gasteiger charge is -2.37. The highest BCUT2D eigenvalue weighted by atomic mass is 16.2. The molecule has 0 spiro atoms. The molecule has 0 aliphatic carbocycles. The lowest BCUT2D eigenvalue weighted by atomic mass is 9.92. The Morgan fingerprint density at radius 3 is 3.10 bits per heavy atom. The van der Waals surface area contributed by atoms with E-state index in [2.05, 4.69) is 11.9 Å². The predicted octanol–water partition coefficient (Wildman–Crippen LogP) is 1.84. The number of carbonyl (C=O) groups is 1. The quantitative estimate of drug-likeness (QED) is 0.916. The Labute approximate surface area is 124 Å². The summed E-state index contributed by atoms with van der Waals surface area (Å²) >= 11 is 0. The fourth-order valence-corrected chi connectivity index (χ4v) is 3.08. The fraction of sp³-hybridized carbons (Fsp3) is 0.500. The van der Waals surface area contributed by atoms with E-state index in [0.29, 0.717) is 18.2 Å². The van der Waals surface area contributed by atoms with Crippen LogP contribution in [0.5, 0.6) is 0 Å². The van der Waals surface area contributed by atoms with Crippen LogP contribution < -0.4 is 5.73 Å². The lowest BCUT2D eigenvalue weighted by molar-refractivity contribution is 0.0568. The van der Waals surface area contributed by atoms with Crippen molar-refractivity contribution in [2.24, 2.45) is 11.7 Å². The third-order valence-corrected chi connectivity index (χ3v) is 4.35. The van der Waals surface area contributed by atoms with E-state index in [1.165, 1.54) is 0 Å². The van der Waals surface area contributed by atoms with Crippen LogP contribution in [0.3, 0.4) is 0 Å². The van der Waals surface area contributed by atoms with Gasteiger partial charge >= 0.3 is 0 Å². The number of pyridine rings is 1. The van der Waals surface area contributed by atoms with Gasteiger partial charge in [0.25, 0.3) is 5.91 Å². The van der Waals surface area contributed by atoms with Crippen LogP contribution in [0, 0.1) is 12.8 Å². The molecule has 1 fully saturated rings. The van der Waals surface area contributed by atoms with E-state index >= 15 is 0 Å². The average molecular weight is 286 g/mol. The van der Waals surface area contributed by atoms with Gasteiger partial charge in [-0.2, -0.15) is 0 Å². The van der Waals surface area contributed by atoms with Crippen LogP contribution >= 0.6 is 0 Å². The van der Waals surface area contributed by atoms with E-state index < -0.39 is 0 Å². The molecule has 5 nitrogen and oxygen atoms in total. The first-order valence-corrected chi connectivity index (χ1v) is 7.55. The van der Waals surface area contributed by atoms with Crippen LogP contribution in [-0.2, 0) is 0 Å². The molecular formula is C16H22N4O. The number of nitrogens with two attached hydrogens (primary N) is 1. The van der Waals surface area contributed by atoms with Gasteiger partial charge in [-0.05, 0) is 43.4 Å². The standard InChI is InChI=1S/C16H22N4O/c1-11-4-6-20(13(7-11)9-17)16(21)14-10-19-5-3-12(2)8-15(19)18-14/h3,5,8,10-11,13H,4,6-7,9,17H2,1-2H3. The van der Waals surface area contributed by atoms with Crippen molar-refractivity contribution in [2.75, 3.05) is 13.1 Å². The number of hydrogen-bond donors (Lipinski definition) is 1. The largest absolute Gasteiger partial charge is 0.333 e. The first-order valence-electron chi connectivity index (χ1n) is 7.55.